The number of anilines is 1. The molecule has 3 aliphatic rings. The molecule has 2 fully saturated rings. The number of nitrogens with zero attached hydrogens (tertiary/aromatic N) is 6. The van der Waals surface area contributed by atoms with Gasteiger partial charge in [-0.1, -0.05) is 0 Å². The van der Waals surface area contributed by atoms with E-state index in [1.165, 1.54) is 6.33 Å². The summed E-state index contributed by atoms with van der Waals surface area (Å²) in [6.07, 6.45) is 4.30. The van der Waals surface area contributed by atoms with E-state index in [1.807, 2.05) is 6.20 Å². The van der Waals surface area contributed by atoms with E-state index in [9.17, 15) is 4.79 Å². The molecule has 29 heavy (non-hydrogen) atoms. The van der Waals surface area contributed by atoms with Crippen LogP contribution in [-0.4, -0.2) is 81.0 Å². The van der Waals surface area contributed by atoms with Crippen molar-refractivity contribution in [3.8, 4) is 0 Å². The summed E-state index contributed by atoms with van der Waals surface area (Å²) in [4.78, 5) is 30.3. The maximum Gasteiger partial charge on any atom is 0.291 e. The molecule has 1 amide bonds. The molecule has 0 saturated carbocycles. The summed E-state index contributed by atoms with van der Waals surface area (Å²) in [5.41, 5.74) is 1.70. The summed E-state index contributed by atoms with van der Waals surface area (Å²) in [5.74, 6) is 0.849. The van der Waals surface area contributed by atoms with Crippen LogP contribution in [0.5, 0.6) is 0 Å². The van der Waals surface area contributed by atoms with Crippen LogP contribution in [0.1, 0.15) is 42.1 Å². The Hall–Kier alpha value is -2.59. The molecule has 5 rings (SSSR count). The molecule has 3 unspecified atom stereocenters. The maximum atomic E-state index is 12.7. The second-order valence-corrected chi connectivity index (χ2v) is 8.29. The predicted molar refractivity (Wildman–Crippen MR) is 102 cm³/mol. The zero-order valence-electron chi connectivity index (χ0n) is 16.7. The standard InChI is InChI=1S/C19H25N7O3/c1-12-6-26(7-13(2)29-12)18-20-5-14-8-28-10-19(15(14)23-18)3-4-25(9-19)17(27)16-21-11-22-24-16/h5,11-13H,3-4,6-10H2,1-2H3,(H,21,22,24). The SMILES string of the molecule is CC1CN(c2ncc3c(n2)C2(CCN(C(=O)c4ncn[nH]4)C2)COC3)CC(C)O1. The molecule has 2 aromatic rings. The molecule has 1 N–H and O–H groups in total. The second-order valence-electron chi connectivity index (χ2n) is 8.29. The van der Waals surface area contributed by atoms with E-state index in [4.69, 9.17) is 14.5 Å². The maximum absolute atomic E-state index is 12.7. The van der Waals surface area contributed by atoms with E-state index in [2.05, 4.69) is 38.9 Å². The monoisotopic (exact) mass is 399 g/mol. The highest BCUT2D eigenvalue weighted by molar-refractivity contribution is 5.90. The van der Waals surface area contributed by atoms with Gasteiger partial charge in [0, 0.05) is 37.9 Å². The Morgan fingerprint density at radius 2 is 2.10 bits per heavy atom. The Labute approximate surface area is 168 Å². The third kappa shape index (κ3) is 3.25. The van der Waals surface area contributed by atoms with Gasteiger partial charge in [0.15, 0.2) is 0 Å². The van der Waals surface area contributed by atoms with Crippen molar-refractivity contribution in [2.45, 2.75) is 44.5 Å². The number of likely N-dealkylation sites (tertiary alicyclic amines) is 1. The largest absolute Gasteiger partial charge is 0.376 e. The molecule has 0 aliphatic carbocycles. The highest BCUT2D eigenvalue weighted by Crippen LogP contribution is 2.40. The molecule has 154 valence electrons. The summed E-state index contributed by atoms with van der Waals surface area (Å²) in [5, 5.41) is 6.44. The van der Waals surface area contributed by atoms with E-state index in [0.29, 0.717) is 26.3 Å². The number of rotatable bonds is 2. The molecule has 10 heteroatoms. The Morgan fingerprint density at radius 1 is 1.28 bits per heavy atom. The zero-order chi connectivity index (χ0) is 20.0. The van der Waals surface area contributed by atoms with Gasteiger partial charge in [-0.3, -0.25) is 9.89 Å². The summed E-state index contributed by atoms with van der Waals surface area (Å²) >= 11 is 0. The molecule has 2 aromatic heterocycles. The number of aromatic nitrogens is 5. The fourth-order valence-corrected chi connectivity index (χ4v) is 4.70. The third-order valence-corrected chi connectivity index (χ3v) is 5.95. The fraction of sp³-hybridized carbons (Fsp3) is 0.632. The minimum Gasteiger partial charge on any atom is -0.376 e. The summed E-state index contributed by atoms with van der Waals surface area (Å²) in [6, 6.07) is 0. The molecular weight excluding hydrogens is 374 g/mol. The van der Waals surface area contributed by atoms with E-state index >= 15 is 0 Å². The molecule has 3 aliphatic heterocycles. The van der Waals surface area contributed by atoms with Crippen LogP contribution >= 0.6 is 0 Å². The van der Waals surface area contributed by atoms with Crippen LogP contribution in [0.4, 0.5) is 5.95 Å². The number of aromatic amines is 1. The van der Waals surface area contributed by atoms with Crippen LogP contribution in [-0.2, 0) is 21.5 Å². The number of amides is 1. The Morgan fingerprint density at radius 3 is 2.86 bits per heavy atom. The highest BCUT2D eigenvalue weighted by atomic mass is 16.5. The molecule has 0 aromatic carbocycles. The number of nitrogens with one attached hydrogen (secondary N) is 1. The van der Waals surface area contributed by atoms with E-state index < -0.39 is 0 Å². The number of fused-ring (bicyclic) bond motifs is 2. The van der Waals surface area contributed by atoms with E-state index in [0.717, 1.165) is 36.7 Å². The minimum atomic E-state index is -0.315. The molecule has 0 bridgehead atoms. The lowest BCUT2D eigenvalue weighted by Gasteiger charge is -2.38. The lowest BCUT2D eigenvalue weighted by atomic mass is 9.80. The first-order chi connectivity index (χ1) is 14.0. The van der Waals surface area contributed by atoms with Gasteiger partial charge >= 0.3 is 0 Å². The number of hydrogen-bond acceptors (Lipinski definition) is 8. The van der Waals surface area contributed by atoms with Crippen molar-refractivity contribution >= 4 is 11.9 Å². The van der Waals surface area contributed by atoms with Crippen molar-refractivity contribution < 1.29 is 14.3 Å². The molecule has 3 atom stereocenters. The van der Waals surface area contributed by atoms with Gasteiger partial charge in [0.05, 0.1) is 36.5 Å². The first-order valence-corrected chi connectivity index (χ1v) is 10.0. The molecule has 2 saturated heterocycles. The number of H-pyrrole nitrogens is 1. The van der Waals surface area contributed by atoms with Gasteiger partial charge < -0.3 is 19.3 Å². The third-order valence-electron chi connectivity index (χ3n) is 5.95. The van der Waals surface area contributed by atoms with E-state index in [-0.39, 0.29) is 29.4 Å². The van der Waals surface area contributed by atoms with Crippen LogP contribution in [0.3, 0.4) is 0 Å². The number of morpholine rings is 1. The topological polar surface area (TPSA) is 109 Å². The number of carbonyl (C=O) groups is 1. The highest BCUT2D eigenvalue weighted by Gasteiger charge is 2.47. The van der Waals surface area contributed by atoms with Crippen molar-refractivity contribution in [2.75, 3.05) is 37.7 Å². The van der Waals surface area contributed by atoms with Crippen molar-refractivity contribution in [2.24, 2.45) is 0 Å². The zero-order valence-corrected chi connectivity index (χ0v) is 16.7. The summed E-state index contributed by atoms with van der Waals surface area (Å²) in [7, 11) is 0. The number of hydrogen-bond donors (Lipinski definition) is 1. The summed E-state index contributed by atoms with van der Waals surface area (Å²) in [6.45, 7) is 7.90. The fourth-order valence-electron chi connectivity index (χ4n) is 4.70. The Bertz CT molecular complexity index is 895. The van der Waals surface area contributed by atoms with Gasteiger partial charge in [-0.2, -0.15) is 5.10 Å². The van der Waals surface area contributed by atoms with Crippen LogP contribution < -0.4 is 4.90 Å². The molecule has 1 spiro atoms. The molecular formula is C19H25N7O3. The van der Waals surface area contributed by atoms with Crippen LogP contribution in [0, 0.1) is 0 Å². The van der Waals surface area contributed by atoms with Crippen LogP contribution in [0.15, 0.2) is 12.5 Å². The van der Waals surface area contributed by atoms with Crippen molar-refractivity contribution in [1.29, 1.82) is 0 Å². The normalized spacial score (nSPS) is 29.3. The lowest BCUT2D eigenvalue weighted by Crippen LogP contribution is -2.47. The average molecular weight is 399 g/mol. The number of carbonyl (C=O) groups excluding carboxylic acids is 1. The van der Waals surface area contributed by atoms with E-state index in [1.54, 1.807) is 4.90 Å². The van der Waals surface area contributed by atoms with Crippen molar-refractivity contribution in [3.63, 3.8) is 0 Å². The predicted octanol–water partition coefficient (Wildman–Crippen LogP) is 0.522. The van der Waals surface area contributed by atoms with Crippen molar-refractivity contribution in [1.82, 2.24) is 30.0 Å². The van der Waals surface area contributed by atoms with Gasteiger partial charge in [-0.15, -0.1) is 0 Å². The smallest absolute Gasteiger partial charge is 0.291 e. The Kier molecular flexibility index (Phi) is 4.47. The van der Waals surface area contributed by atoms with Crippen molar-refractivity contribution in [3.05, 3.63) is 29.6 Å². The van der Waals surface area contributed by atoms with Gasteiger partial charge in [0.25, 0.3) is 5.91 Å². The second kappa shape index (κ2) is 7.03. The lowest BCUT2D eigenvalue weighted by molar-refractivity contribution is -0.00584. The first-order valence-electron chi connectivity index (χ1n) is 10.0. The average Bonchev–Trinajstić information content (AvgIpc) is 3.38. The molecule has 10 nitrogen and oxygen atoms in total. The first kappa shape index (κ1) is 18.4. The molecule has 5 heterocycles. The van der Waals surface area contributed by atoms with Crippen LogP contribution in [0.25, 0.3) is 0 Å². The number of ether oxygens (including phenoxy) is 2. The Balaban J connectivity index is 1.43. The van der Waals surface area contributed by atoms with Gasteiger partial charge in [-0.05, 0) is 20.3 Å². The summed E-state index contributed by atoms with van der Waals surface area (Å²) < 4.78 is 11.7. The van der Waals surface area contributed by atoms with Crippen LogP contribution in [0.2, 0.25) is 0 Å². The van der Waals surface area contributed by atoms with Gasteiger partial charge in [0.2, 0.25) is 11.8 Å². The quantitative estimate of drug-likeness (QED) is 0.779. The van der Waals surface area contributed by atoms with Gasteiger partial charge in [0.1, 0.15) is 6.33 Å². The minimum absolute atomic E-state index is 0.136. The van der Waals surface area contributed by atoms with Gasteiger partial charge in [-0.25, -0.2) is 15.0 Å². The molecule has 0 radical (unpaired) electrons.